The maximum atomic E-state index is 13.4. The van der Waals surface area contributed by atoms with Gasteiger partial charge in [-0.25, -0.2) is 4.39 Å². The molecule has 0 spiro atoms. The average molecular weight is 367 g/mol. The standard InChI is InChI=1S/C20H18FN3O3/c21-16-5-3-15(4-6-16)17-18(23-8-10-27-11-9-23)20(26)24(19(17)25)13-14-2-1-7-22-12-14/h1-7,12H,8-11,13H2. The van der Waals surface area contributed by atoms with Crippen LogP contribution >= 0.6 is 0 Å². The van der Waals surface area contributed by atoms with Gasteiger partial charge in [-0.3, -0.25) is 19.5 Å². The van der Waals surface area contributed by atoms with Gasteiger partial charge >= 0.3 is 0 Å². The van der Waals surface area contributed by atoms with Gasteiger partial charge in [-0.2, -0.15) is 0 Å². The summed E-state index contributed by atoms with van der Waals surface area (Å²) < 4.78 is 18.7. The lowest BCUT2D eigenvalue weighted by atomic mass is 10.0. The Morgan fingerprint density at radius 1 is 1.04 bits per heavy atom. The molecule has 0 aliphatic carbocycles. The Morgan fingerprint density at radius 2 is 1.78 bits per heavy atom. The van der Waals surface area contributed by atoms with Gasteiger partial charge in [-0.05, 0) is 29.3 Å². The highest BCUT2D eigenvalue weighted by atomic mass is 19.1. The van der Waals surface area contributed by atoms with Gasteiger partial charge < -0.3 is 9.64 Å². The van der Waals surface area contributed by atoms with Crippen LogP contribution < -0.4 is 0 Å². The van der Waals surface area contributed by atoms with Crippen molar-refractivity contribution in [1.29, 1.82) is 0 Å². The number of hydrogen-bond acceptors (Lipinski definition) is 5. The summed E-state index contributed by atoms with van der Waals surface area (Å²) >= 11 is 0. The molecule has 2 aliphatic heterocycles. The van der Waals surface area contributed by atoms with E-state index >= 15 is 0 Å². The van der Waals surface area contributed by atoms with E-state index in [1.807, 2.05) is 11.0 Å². The summed E-state index contributed by atoms with van der Waals surface area (Å²) in [6.45, 7) is 2.18. The third-order valence-electron chi connectivity index (χ3n) is 4.67. The molecule has 2 aliphatic rings. The van der Waals surface area contributed by atoms with Crippen molar-refractivity contribution in [1.82, 2.24) is 14.8 Å². The molecule has 0 atom stereocenters. The van der Waals surface area contributed by atoms with Crippen molar-refractivity contribution in [2.75, 3.05) is 26.3 Å². The minimum Gasteiger partial charge on any atom is -0.378 e. The largest absolute Gasteiger partial charge is 0.378 e. The van der Waals surface area contributed by atoms with Crippen molar-refractivity contribution < 1.29 is 18.7 Å². The number of amides is 2. The van der Waals surface area contributed by atoms with E-state index < -0.39 is 5.82 Å². The average Bonchev–Trinajstić information content (AvgIpc) is 2.95. The van der Waals surface area contributed by atoms with Crippen LogP contribution in [-0.2, 0) is 20.9 Å². The number of morpholine rings is 1. The molecule has 0 saturated carbocycles. The molecular weight excluding hydrogens is 349 g/mol. The van der Waals surface area contributed by atoms with E-state index in [1.54, 1.807) is 18.5 Å². The zero-order chi connectivity index (χ0) is 18.8. The van der Waals surface area contributed by atoms with Gasteiger partial charge in [0.15, 0.2) is 0 Å². The first-order valence-electron chi connectivity index (χ1n) is 8.73. The van der Waals surface area contributed by atoms with Crippen LogP contribution in [0.4, 0.5) is 4.39 Å². The zero-order valence-corrected chi connectivity index (χ0v) is 14.6. The van der Waals surface area contributed by atoms with Crippen molar-refractivity contribution in [3.05, 3.63) is 71.4 Å². The summed E-state index contributed by atoms with van der Waals surface area (Å²) in [5, 5.41) is 0. The van der Waals surface area contributed by atoms with Crippen molar-refractivity contribution in [2.45, 2.75) is 6.54 Å². The minimum atomic E-state index is -0.392. The molecule has 4 rings (SSSR count). The molecule has 3 heterocycles. The first-order valence-corrected chi connectivity index (χ1v) is 8.73. The number of imide groups is 1. The predicted molar refractivity (Wildman–Crippen MR) is 95.5 cm³/mol. The van der Waals surface area contributed by atoms with E-state index in [0.29, 0.717) is 43.1 Å². The molecule has 2 aromatic rings. The normalized spacial score (nSPS) is 17.8. The van der Waals surface area contributed by atoms with Gasteiger partial charge in [0, 0.05) is 25.5 Å². The fourth-order valence-electron chi connectivity index (χ4n) is 3.34. The number of ether oxygens (including phenoxy) is 1. The number of halogens is 1. The predicted octanol–water partition coefficient (Wildman–Crippen LogP) is 1.83. The molecule has 138 valence electrons. The highest BCUT2D eigenvalue weighted by Gasteiger charge is 2.41. The molecule has 27 heavy (non-hydrogen) atoms. The number of rotatable bonds is 4. The lowest BCUT2D eigenvalue weighted by Crippen LogP contribution is -2.40. The molecule has 1 aromatic carbocycles. The van der Waals surface area contributed by atoms with E-state index in [2.05, 4.69) is 4.98 Å². The van der Waals surface area contributed by atoms with Crippen LogP contribution in [0.15, 0.2) is 54.5 Å². The fourth-order valence-corrected chi connectivity index (χ4v) is 3.34. The Kier molecular flexibility index (Phi) is 4.68. The Labute approximate surface area is 155 Å². The van der Waals surface area contributed by atoms with Gasteiger partial charge in [0.05, 0.1) is 25.3 Å². The van der Waals surface area contributed by atoms with Crippen molar-refractivity contribution >= 4 is 17.4 Å². The maximum absolute atomic E-state index is 13.4. The zero-order valence-electron chi connectivity index (χ0n) is 14.6. The third kappa shape index (κ3) is 3.33. The minimum absolute atomic E-state index is 0.143. The topological polar surface area (TPSA) is 62.7 Å². The molecular formula is C20H18FN3O3. The molecule has 6 nitrogen and oxygen atoms in total. The molecule has 1 fully saturated rings. The highest BCUT2D eigenvalue weighted by Crippen LogP contribution is 2.33. The van der Waals surface area contributed by atoms with Gasteiger partial charge in [0.1, 0.15) is 11.5 Å². The van der Waals surface area contributed by atoms with Crippen LogP contribution in [0.5, 0.6) is 0 Å². The SMILES string of the molecule is O=C1C(c2ccc(F)cc2)=C(N2CCOCC2)C(=O)N1Cc1cccnc1. The molecule has 2 amide bonds. The van der Waals surface area contributed by atoms with E-state index in [4.69, 9.17) is 4.74 Å². The summed E-state index contributed by atoms with van der Waals surface area (Å²) in [4.78, 5) is 33.4. The number of carbonyl (C=O) groups is 2. The molecule has 0 radical (unpaired) electrons. The lowest BCUT2D eigenvalue weighted by Gasteiger charge is -2.29. The number of benzene rings is 1. The molecule has 0 bridgehead atoms. The summed E-state index contributed by atoms with van der Waals surface area (Å²) in [5.74, 6) is -1.11. The van der Waals surface area contributed by atoms with E-state index in [-0.39, 0.29) is 18.4 Å². The number of carbonyl (C=O) groups excluding carboxylic acids is 2. The van der Waals surface area contributed by atoms with Crippen molar-refractivity contribution in [2.24, 2.45) is 0 Å². The molecule has 7 heteroatoms. The highest BCUT2D eigenvalue weighted by molar-refractivity contribution is 6.35. The molecule has 0 unspecified atom stereocenters. The van der Waals surface area contributed by atoms with Gasteiger partial charge in [-0.1, -0.05) is 18.2 Å². The van der Waals surface area contributed by atoms with Crippen LogP contribution in [-0.4, -0.2) is 52.9 Å². The van der Waals surface area contributed by atoms with Crippen molar-refractivity contribution in [3.63, 3.8) is 0 Å². The number of nitrogens with zero attached hydrogens (tertiary/aromatic N) is 3. The van der Waals surface area contributed by atoms with E-state index in [1.165, 1.54) is 29.2 Å². The second kappa shape index (κ2) is 7.28. The monoisotopic (exact) mass is 367 g/mol. The lowest BCUT2D eigenvalue weighted by molar-refractivity contribution is -0.138. The Balaban J connectivity index is 1.73. The smallest absolute Gasteiger partial charge is 0.278 e. The van der Waals surface area contributed by atoms with E-state index in [9.17, 15) is 14.0 Å². The van der Waals surface area contributed by atoms with Crippen LogP contribution in [0.25, 0.3) is 5.57 Å². The molecule has 1 aromatic heterocycles. The summed E-state index contributed by atoms with van der Waals surface area (Å²) in [6, 6.07) is 9.23. The Hall–Kier alpha value is -3.06. The van der Waals surface area contributed by atoms with Crippen LogP contribution in [0.3, 0.4) is 0 Å². The van der Waals surface area contributed by atoms with Gasteiger partial charge in [0.2, 0.25) is 0 Å². The van der Waals surface area contributed by atoms with Crippen LogP contribution in [0, 0.1) is 5.82 Å². The third-order valence-corrected chi connectivity index (χ3v) is 4.67. The van der Waals surface area contributed by atoms with Crippen LogP contribution in [0.2, 0.25) is 0 Å². The van der Waals surface area contributed by atoms with Crippen LogP contribution in [0.1, 0.15) is 11.1 Å². The first-order chi connectivity index (χ1) is 13.1. The fraction of sp³-hybridized carbons (Fsp3) is 0.250. The summed E-state index contributed by atoms with van der Waals surface area (Å²) in [7, 11) is 0. The Morgan fingerprint density at radius 3 is 2.44 bits per heavy atom. The van der Waals surface area contributed by atoms with E-state index in [0.717, 1.165) is 5.56 Å². The maximum Gasteiger partial charge on any atom is 0.278 e. The molecule has 0 N–H and O–H groups in total. The first kappa shape index (κ1) is 17.4. The Bertz CT molecular complexity index is 890. The van der Waals surface area contributed by atoms with Gasteiger partial charge in [-0.15, -0.1) is 0 Å². The summed E-state index contributed by atoms with van der Waals surface area (Å²) in [5.41, 5.74) is 1.97. The number of pyridine rings is 1. The number of aromatic nitrogens is 1. The molecule has 1 saturated heterocycles. The number of hydrogen-bond donors (Lipinski definition) is 0. The second-order valence-corrected chi connectivity index (χ2v) is 6.39. The second-order valence-electron chi connectivity index (χ2n) is 6.39. The van der Waals surface area contributed by atoms with Crippen molar-refractivity contribution in [3.8, 4) is 0 Å². The quantitative estimate of drug-likeness (QED) is 0.772. The summed E-state index contributed by atoms with van der Waals surface area (Å²) in [6.07, 6.45) is 3.27. The van der Waals surface area contributed by atoms with Gasteiger partial charge in [0.25, 0.3) is 11.8 Å².